The third-order valence-corrected chi connectivity index (χ3v) is 3.07. The normalized spacial score (nSPS) is 10.5. The summed E-state index contributed by atoms with van der Waals surface area (Å²) in [4.78, 5) is 0. The van der Waals surface area contributed by atoms with E-state index in [0.29, 0.717) is 16.4 Å². The second-order valence-corrected chi connectivity index (χ2v) is 4.43. The molecule has 0 saturated heterocycles. The van der Waals surface area contributed by atoms with Gasteiger partial charge in [0.2, 0.25) is 5.76 Å². The Morgan fingerprint density at radius 2 is 2.27 bits per heavy atom. The number of rotatable bonds is 1. The average Bonchev–Trinajstić information content (AvgIpc) is 2.55. The van der Waals surface area contributed by atoms with Gasteiger partial charge in [0, 0.05) is 16.0 Å². The van der Waals surface area contributed by atoms with Gasteiger partial charge in [0.05, 0.1) is 4.47 Å². The number of halogens is 2. The van der Waals surface area contributed by atoms with Gasteiger partial charge in [-0.25, -0.2) is 0 Å². The minimum Gasteiger partial charge on any atom is -0.444 e. The Morgan fingerprint density at radius 1 is 1.53 bits per heavy atom. The Hall–Kier alpha value is -0.980. The number of aryl methyl sites for hydroxylation is 1. The van der Waals surface area contributed by atoms with Crippen molar-refractivity contribution in [2.75, 3.05) is 0 Å². The third kappa shape index (κ3) is 1.64. The summed E-state index contributed by atoms with van der Waals surface area (Å²) in [5, 5.41) is 10.5. The molecule has 0 bridgehead atoms. The Kier molecular flexibility index (Phi) is 2.72. The van der Waals surface area contributed by atoms with Crippen LogP contribution in [0.4, 0.5) is 0 Å². The van der Waals surface area contributed by atoms with Crippen molar-refractivity contribution < 1.29 is 4.42 Å². The minimum atomic E-state index is 0.371. The highest BCUT2D eigenvalue weighted by atomic mass is 79.9. The maximum Gasteiger partial charge on any atom is 0.208 e. The maximum atomic E-state index is 8.92. The van der Waals surface area contributed by atoms with E-state index in [-0.39, 0.29) is 0 Å². The summed E-state index contributed by atoms with van der Waals surface area (Å²) >= 11 is 9.32. The predicted molar refractivity (Wildman–Crippen MR) is 63.0 cm³/mol. The van der Waals surface area contributed by atoms with Crippen molar-refractivity contribution in [3.63, 3.8) is 0 Å². The first-order valence-corrected chi connectivity index (χ1v) is 5.65. The fourth-order valence-corrected chi connectivity index (χ4v) is 2.51. The molecule has 0 aliphatic heterocycles. The van der Waals surface area contributed by atoms with Crippen LogP contribution in [0.25, 0.3) is 11.0 Å². The van der Waals surface area contributed by atoms with Crippen LogP contribution in [0.1, 0.15) is 18.2 Å². The van der Waals surface area contributed by atoms with Gasteiger partial charge in [-0.1, -0.05) is 18.5 Å². The van der Waals surface area contributed by atoms with Gasteiger partial charge in [0.25, 0.3) is 0 Å². The number of hydrogen-bond acceptors (Lipinski definition) is 2. The molecule has 1 aromatic carbocycles. The molecule has 2 nitrogen and oxygen atoms in total. The number of benzene rings is 1. The Morgan fingerprint density at radius 3 is 2.87 bits per heavy atom. The summed E-state index contributed by atoms with van der Waals surface area (Å²) in [5.74, 6) is 0.371. The summed E-state index contributed by atoms with van der Waals surface area (Å²) in [6.07, 6.45) is 0.753. The first-order valence-electron chi connectivity index (χ1n) is 4.48. The first kappa shape index (κ1) is 10.5. The van der Waals surface area contributed by atoms with Crippen LogP contribution in [-0.2, 0) is 6.42 Å². The van der Waals surface area contributed by atoms with Gasteiger partial charge in [-0.2, -0.15) is 5.26 Å². The van der Waals surface area contributed by atoms with Gasteiger partial charge >= 0.3 is 0 Å². The maximum absolute atomic E-state index is 8.92. The molecule has 0 aliphatic rings. The Labute approximate surface area is 101 Å². The van der Waals surface area contributed by atoms with Crippen LogP contribution in [-0.4, -0.2) is 0 Å². The number of hydrogen-bond donors (Lipinski definition) is 0. The molecular formula is C11H7BrClNO. The largest absolute Gasteiger partial charge is 0.444 e. The quantitative estimate of drug-likeness (QED) is 0.783. The van der Waals surface area contributed by atoms with E-state index in [2.05, 4.69) is 22.0 Å². The lowest BCUT2D eigenvalue weighted by Crippen LogP contribution is -1.80. The van der Waals surface area contributed by atoms with Crippen molar-refractivity contribution in [1.82, 2.24) is 0 Å². The SMILES string of the molecule is CCc1c(C#N)oc2c(Br)cc(Cl)cc12. The van der Waals surface area contributed by atoms with Crippen LogP contribution in [0, 0.1) is 11.3 Å². The molecular weight excluding hydrogens is 277 g/mol. The number of fused-ring (bicyclic) bond motifs is 1. The molecule has 0 radical (unpaired) electrons. The van der Waals surface area contributed by atoms with Gasteiger partial charge < -0.3 is 4.42 Å². The summed E-state index contributed by atoms with van der Waals surface area (Å²) < 4.78 is 6.24. The fourth-order valence-electron chi connectivity index (χ4n) is 1.62. The highest BCUT2D eigenvalue weighted by molar-refractivity contribution is 9.10. The van der Waals surface area contributed by atoms with Crippen LogP contribution in [0.15, 0.2) is 21.0 Å². The molecule has 0 fully saturated rings. The summed E-state index contributed by atoms with van der Waals surface area (Å²) in [6.45, 7) is 1.99. The molecule has 76 valence electrons. The highest BCUT2D eigenvalue weighted by Crippen LogP contribution is 2.34. The molecule has 0 spiro atoms. The van der Waals surface area contributed by atoms with Crippen LogP contribution >= 0.6 is 27.5 Å². The van der Waals surface area contributed by atoms with E-state index in [1.54, 1.807) is 6.07 Å². The molecule has 0 amide bonds. The molecule has 0 saturated carbocycles. The van der Waals surface area contributed by atoms with E-state index in [9.17, 15) is 0 Å². The summed E-state index contributed by atoms with van der Waals surface area (Å²) in [5.41, 5.74) is 1.60. The standard InChI is InChI=1S/C11H7BrClNO/c1-2-7-8-3-6(13)4-9(12)11(8)15-10(7)5-14/h3-4H,2H2,1H3. The third-order valence-electron chi connectivity index (χ3n) is 2.27. The first-order chi connectivity index (χ1) is 7.17. The molecule has 0 aliphatic carbocycles. The van der Waals surface area contributed by atoms with Crippen molar-refractivity contribution in [2.24, 2.45) is 0 Å². The van der Waals surface area contributed by atoms with Crippen LogP contribution < -0.4 is 0 Å². The van der Waals surface area contributed by atoms with Crippen LogP contribution in [0.3, 0.4) is 0 Å². The van der Waals surface area contributed by atoms with Gasteiger partial charge in [-0.15, -0.1) is 0 Å². The van der Waals surface area contributed by atoms with Crippen molar-refractivity contribution in [1.29, 1.82) is 5.26 Å². The summed E-state index contributed by atoms with van der Waals surface area (Å²) in [7, 11) is 0. The van der Waals surface area contributed by atoms with Gasteiger partial charge in [-0.3, -0.25) is 0 Å². The van der Waals surface area contributed by atoms with Crippen molar-refractivity contribution >= 4 is 38.5 Å². The summed E-state index contributed by atoms with van der Waals surface area (Å²) in [6, 6.07) is 5.63. The molecule has 0 atom stereocenters. The van der Waals surface area contributed by atoms with E-state index in [0.717, 1.165) is 21.8 Å². The lowest BCUT2D eigenvalue weighted by molar-refractivity contribution is 0.592. The molecule has 0 unspecified atom stereocenters. The molecule has 2 rings (SSSR count). The van der Waals surface area contributed by atoms with E-state index >= 15 is 0 Å². The smallest absolute Gasteiger partial charge is 0.208 e. The van der Waals surface area contributed by atoms with Gasteiger partial charge in [0.1, 0.15) is 11.7 Å². The van der Waals surface area contributed by atoms with Crippen molar-refractivity contribution in [2.45, 2.75) is 13.3 Å². The molecule has 1 heterocycles. The monoisotopic (exact) mass is 283 g/mol. The van der Waals surface area contributed by atoms with Gasteiger partial charge in [0.15, 0.2) is 0 Å². The zero-order valence-electron chi connectivity index (χ0n) is 7.97. The van der Waals surface area contributed by atoms with E-state index in [4.69, 9.17) is 21.3 Å². The fraction of sp³-hybridized carbons (Fsp3) is 0.182. The lowest BCUT2D eigenvalue weighted by atomic mass is 10.1. The number of nitrogens with zero attached hydrogens (tertiary/aromatic N) is 1. The van der Waals surface area contributed by atoms with E-state index in [1.165, 1.54) is 0 Å². The number of nitriles is 1. The second-order valence-electron chi connectivity index (χ2n) is 3.14. The molecule has 2 aromatic rings. The van der Waals surface area contributed by atoms with Crippen LogP contribution in [0.2, 0.25) is 5.02 Å². The molecule has 1 aromatic heterocycles. The number of furan rings is 1. The molecule has 15 heavy (non-hydrogen) atoms. The Bertz CT molecular complexity index is 568. The second kappa shape index (κ2) is 3.88. The zero-order chi connectivity index (χ0) is 11.0. The Balaban J connectivity index is 2.90. The molecule has 0 N–H and O–H groups in total. The molecule has 4 heteroatoms. The van der Waals surface area contributed by atoms with Crippen molar-refractivity contribution in [3.8, 4) is 6.07 Å². The van der Waals surface area contributed by atoms with Crippen LogP contribution in [0.5, 0.6) is 0 Å². The van der Waals surface area contributed by atoms with Gasteiger partial charge in [-0.05, 0) is 34.5 Å². The van der Waals surface area contributed by atoms with E-state index in [1.807, 2.05) is 13.0 Å². The topological polar surface area (TPSA) is 36.9 Å². The average molecular weight is 285 g/mol. The minimum absolute atomic E-state index is 0.371. The van der Waals surface area contributed by atoms with Crippen molar-refractivity contribution in [3.05, 3.63) is 33.0 Å². The van der Waals surface area contributed by atoms with E-state index < -0.39 is 0 Å². The predicted octanol–water partition coefficient (Wildman–Crippen LogP) is 4.28. The zero-order valence-corrected chi connectivity index (χ0v) is 10.3. The lowest BCUT2D eigenvalue weighted by Gasteiger charge is -1.95. The highest BCUT2D eigenvalue weighted by Gasteiger charge is 2.15.